The number of methoxy groups -OCH3 is 1. The molecule has 3 aromatic rings. The molecule has 1 saturated heterocycles. The number of amides is 1. The highest BCUT2D eigenvalue weighted by Crippen LogP contribution is 2.22. The van der Waals surface area contributed by atoms with Crippen molar-refractivity contribution in [2.75, 3.05) is 38.2 Å². The van der Waals surface area contributed by atoms with E-state index in [1.165, 1.54) is 0 Å². The first-order chi connectivity index (χ1) is 16.7. The second-order valence-corrected chi connectivity index (χ2v) is 8.52. The zero-order valence-corrected chi connectivity index (χ0v) is 19.9. The maximum absolute atomic E-state index is 12.9. The molecule has 9 nitrogen and oxygen atoms in total. The molecule has 0 spiro atoms. The first-order valence-corrected chi connectivity index (χ1v) is 11.9. The van der Waals surface area contributed by atoms with E-state index in [1.54, 1.807) is 30.4 Å². The van der Waals surface area contributed by atoms with E-state index in [2.05, 4.69) is 32.0 Å². The van der Waals surface area contributed by atoms with Gasteiger partial charge in [-0.05, 0) is 36.7 Å². The Morgan fingerprint density at radius 3 is 2.76 bits per heavy atom. The Morgan fingerprint density at radius 2 is 2.03 bits per heavy atom. The van der Waals surface area contributed by atoms with Gasteiger partial charge in [0.05, 0.1) is 13.2 Å². The van der Waals surface area contributed by atoms with E-state index in [1.807, 2.05) is 36.5 Å². The van der Waals surface area contributed by atoms with Crippen LogP contribution < -0.4 is 15.0 Å². The monoisotopic (exact) mass is 463 g/mol. The first kappa shape index (κ1) is 23.7. The number of carbonyl (C=O) groups excluding carboxylic acids is 1. The van der Waals surface area contributed by atoms with Gasteiger partial charge >= 0.3 is 0 Å². The Labute approximate surface area is 200 Å². The van der Waals surface area contributed by atoms with Gasteiger partial charge in [0, 0.05) is 51.2 Å². The van der Waals surface area contributed by atoms with Gasteiger partial charge < -0.3 is 15.0 Å². The van der Waals surface area contributed by atoms with Crippen molar-refractivity contribution < 1.29 is 9.53 Å². The Kier molecular flexibility index (Phi) is 8.08. The minimum absolute atomic E-state index is 0.0343. The highest BCUT2D eigenvalue weighted by molar-refractivity contribution is 5.77. The number of anilines is 1. The molecule has 4 rings (SSSR count). The molecule has 1 aliphatic rings. The Morgan fingerprint density at radius 1 is 1.18 bits per heavy atom. The molecule has 3 heterocycles. The standard InChI is InChI=1S/C25H33N7O2/c1-3-4-12-30-14-15-32(23-9-10-27-25(29-23)31-13-11-26-19-31)21(18-30)16-24(33)28-17-20-5-7-22(34-2)8-6-20/h5-11,13,19,21H,3-4,12,14-18H2,1-2H3,(H,28,33). The predicted octanol–water partition coefficient (Wildman–Crippen LogP) is 2.67. The van der Waals surface area contributed by atoms with Gasteiger partial charge in [0.1, 0.15) is 17.9 Å². The van der Waals surface area contributed by atoms with Crippen LogP contribution in [0.5, 0.6) is 5.75 Å². The molecule has 1 unspecified atom stereocenters. The fraction of sp³-hybridized carbons (Fsp3) is 0.440. The molecule has 1 amide bonds. The lowest BCUT2D eigenvalue weighted by Gasteiger charge is -2.42. The molecular formula is C25H33N7O2. The lowest BCUT2D eigenvalue weighted by Crippen LogP contribution is -2.55. The van der Waals surface area contributed by atoms with E-state index in [0.717, 1.165) is 56.2 Å². The highest BCUT2D eigenvalue weighted by atomic mass is 16.5. The van der Waals surface area contributed by atoms with Crippen molar-refractivity contribution >= 4 is 11.7 Å². The lowest BCUT2D eigenvalue weighted by atomic mass is 10.1. The minimum Gasteiger partial charge on any atom is -0.497 e. The van der Waals surface area contributed by atoms with Crippen molar-refractivity contribution in [3.8, 4) is 11.7 Å². The molecule has 1 atom stereocenters. The molecule has 0 saturated carbocycles. The number of ether oxygens (including phenoxy) is 1. The summed E-state index contributed by atoms with van der Waals surface area (Å²) < 4.78 is 7.00. The van der Waals surface area contributed by atoms with Crippen molar-refractivity contribution in [1.82, 2.24) is 29.7 Å². The summed E-state index contributed by atoms with van der Waals surface area (Å²) in [5.41, 5.74) is 1.04. The van der Waals surface area contributed by atoms with Gasteiger partial charge in [-0.2, -0.15) is 4.98 Å². The van der Waals surface area contributed by atoms with Crippen LogP contribution >= 0.6 is 0 Å². The fourth-order valence-electron chi connectivity index (χ4n) is 4.21. The van der Waals surface area contributed by atoms with Gasteiger partial charge in [-0.25, -0.2) is 9.97 Å². The summed E-state index contributed by atoms with van der Waals surface area (Å²) in [6.45, 7) is 6.36. The number of unbranched alkanes of at least 4 members (excludes halogenated alkanes) is 1. The van der Waals surface area contributed by atoms with Crippen LogP contribution in [0.4, 0.5) is 5.82 Å². The zero-order chi connectivity index (χ0) is 23.8. The minimum atomic E-state index is 0.0343. The van der Waals surface area contributed by atoms with Gasteiger partial charge in [0.15, 0.2) is 0 Å². The topological polar surface area (TPSA) is 88.4 Å². The van der Waals surface area contributed by atoms with Crippen LogP contribution in [0.15, 0.2) is 55.2 Å². The fourth-order valence-corrected chi connectivity index (χ4v) is 4.21. The summed E-state index contributed by atoms with van der Waals surface area (Å²) >= 11 is 0. The second kappa shape index (κ2) is 11.6. The van der Waals surface area contributed by atoms with Crippen LogP contribution in [0.2, 0.25) is 0 Å². The summed E-state index contributed by atoms with van der Waals surface area (Å²) in [4.78, 5) is 30.9. The molecule has 1 N–H and O–H groups in total. The second-order valence-electron chi connectivity index (χ2n) is 8.52. The van der Waals surface area contributed by atoms with Gasteiger partial charge in [-0.1, -0.05) is 25.5 Å². The molecule has 0 bridgehead atoms. The first-order valence-electron chi connectivity index (χ1n) is 11.9. The average molecular weight is 464 g/mol. The molecule has 1 aliphatic heterocycles. The van der Waals surface area contributed by atoms with Gasteiger partial charge in [0.2, 0.25) is 11.9 Å². The van der Waals surface area contributed by atoms with E-state index in [4.69, 9.17) is 9.72 Å². The van der Waals surface area contributed by atoms with Crippen LogP contribution in [-0.2, 0) is 11.3 Å². The third-order valence-electron chi connectivity index (χ3n) is 6.12. The number of aromatic nitrogens is 4. The van der Waals surface area contributed by atoms with E-state index in [-0.39, 0.29) is 11.9 Å². The van der Waals surface area contributed by atoms with E-state index in [0.29, 0.717) is 18.9 Å². The quantitative estimate of drug-likeness (QED) is 0.495. The van der Waals surface area contributed by atoms with E-state index >= 15 is 0 Å². The van der Waals surface area contributed by atoms with Gasteiger partial charge in [-0.3, -0.25) is 14.3 Å². The number of nitrogens with one attached hydrogen (secondary N) is 1. The van der Waals surface area contributed by atoms with Crippen LogP contribution in [0.1, 0.15) is 31.7 Å². The van der Waals surface area contributed by atoms with Gasteiger partial charge in [-0.15, -0.1) is 0 Å². The molecule has 34 heavy (non-hydrogen) atoms. The largest absolute Gasteiger partial charge is 0.497 e. The number of hydrogen-bond donors (Lipinski definition) is 1. The molecular weight excluding hydrogens is 430 g/mol. The smallest absolute Gasteiger partial charge is 0.236 e. The molecule has 2 aromatic heterocycles. The summed E-state index contributed by atoms with van der Waals surface area (Å²) in [6, 6.07) is 9.71. The molecule has 9 heteroatoms. The summed E-state index contributed by atoms with van der Waals surface area (Å²) in [5, 5.41) is 3.08. The molecule has 1 fully saturated rings. The van der Waals surface area contributed by atoms with Crippen molar-refractivity contribution in [2.24, 2.45) is 0 Å². The van der Waals surface area contributed by atoms with Crippen LogP contribution in [0.3, 0.4) is 0 Å². The average Bonchev–Trinajstić information content (AvgIpc) is 3.42. The van der Waals surface area contributed by atoms with Crippen LogP contribution in [0, 0.1) is 0 Å². The number of carbonyl (C=O) groups is 1. The Hall–Kier alpha value is -3.46. The van der Waals surface area contributed by atoms with Crippen LogP contribution in [-0.4, -0.2) is 69.7 Å². The number of imidazole rings is 1. The van der Waals surface area contributed by atoms with E-state index in [9.17, 15) is 4.79 Å². The molecule has 0 radical (unpaired) electrons. The zero-order valence-electron chi connectivity index (χ0n) is 19.9. The molecule has 180 valence electrons. The predicted molar refractivity (Wildman–Crippen MR) is 131 cm³/mol. The summed E-state index contributed by atoms with van der Waals surface area (Å²) in [6.07, 6.45) is 9.71. The maximum Gasteiger partial charge on any atom is 0.236 e. The normalized spacial score (nSPS) is 16.4. The van der Waals surface area contributed by atoms with Crippen molar-refractivity contribution in [2.45, 2.75) is 38.8 Å². The SMILES string of the molecule is CCCCN1CCN(c2ccnc(-n3ccnc3)n2)C(CC(=O)NCc2ccc(OC)cc2)C1. The molecule has 0 aliphatic carbocycles. The number of hydrogen-bond acceptors (Lipinski definition) is 7. The van der Waals surface area contributed by atoms with Gasteiger partial charge in [0.25, 0.3) is 0 Å². The van der Waals surface area contributed by atoms with E-state index < -0.39 is 0 Å². The summed E-state index contributed by atoms with van der Waals surface area (Å²) in [5.74, 6) is 2.25. The van der Waals surface area contributed by atoms with Crippen molar-refractivity contribution in [3.05, 3.63) is 60.8 Å². The third-order valence-corrected chi connectivity index (χ3v) is 6.12. The summed E-state index contributed by atoms with van der Waals surface area (Å²) in [7, 11) is 1.65. The number of benzene rings is 1. The lowest BCUT2D eigenvalue weighted by molar-refractivity contribution is -0.121. The Balaban J connectivity index is 1.44. The number of rotatable bonds is 10. The number of nitrogens with zero attached hydrogens (tertiary/aromatic N) is 6. The maximum atomic E-state index is 12.9. The van der Waals surface area contributed by atoms with Crippen LogP contribution in [0.25, 0.3) is 5.95 Å². The molecule has 1 aromatic carbocycles. The third kappa shape index (κ3) is 6.11. The van der Waals surface area contributed by atoms with Crippen molar-refractivity contribution in [1.29, 1.82) is 0 Å². The highest BCUT2D eigenvalue weighted by Gasteiger charge is 2.29. The Bertz CT molecular complexity index is 1040. The van der Waals surface area contributed by atoms with Crippen molar-refractivity contribution in [3.63, 3.8) is 0 Å². The number of piperazine rings is 1.